The number of carbonyl (C=O) groups is 1. The van der Waals surface area contributed by atoms with Crippen molar-refractivity contribution in [1.82, 2.24) is 20.0 Å². The molecule has 5 nitrogen and oxygen atoms in total. The van der Waals surface area contributed by atoms with Crippen molar-refractivity contribution in [1.29, 1.82) is 0 Å². The number of hydrogen-bond acceptors (Lipinski definition) is 3. The van der Waals surface area contributed by atoms with Gasteiger partial charge in [0.1, 0.15) is 0 Å². The topological polar surface area (TPSA) is 50.2 Å². The summed E-state index contributed by atoms with van der Waals surface area (Å²) >= 11 is 0. The minimum atomic E-state index is -0.0820. The van der Waals surface area contributed by atoms with Crippen LogP contribution >= 0.6 is 0 Å². The predicted octanol–water partition coefficient (Wildman–Crippen LogP) is 3.05. The van der Waals surface area contributed by atoms with Crippen molar-refractivity contribution in [2.75, 3.05) is 13.1 Å². The molecule has 1 atom stereocenters. The molecule has 1 N–H and O–H groups in total. The van der Waals surface area contributed by atoms with Crippen LogP contribution < -0.4 is 5.32 Å². The second-order valence-corrected chi connectivity index (χ2v) is 7.06. The third kappa shape index (κ3) is 3.93. The van der Waals surface area contributed by atoms with E-state index < -0.39 is 0 Å². The SMILES string of the molecule is CC(CNC(=O)c1cnn(-c2ccccc2)c1)N1CCc2ccccc2C1. The molecule has 0 bridgehead atoms. The van der Waals surface area contributed by atoms with Gasteiger partial charge in [-0.15, -0.1) is 0 Å². The van der Waals surface area contributed by atoms with Crippen LogP contribution in [0.2, 0.25) is 0 Å². The lowest BCUT2D eigenvalue weighted by Gasteiger charge is -2.33. The minimum Gasteiger partial charge on any atom is -0.350 e. The molecule has 0 radical (unpaired) electrons. The highest BCUT2D eigenvalue weighted by Gasteiger charge is 2.21. The van der Waals surface area contributed by atoms with Gasteiger partial charge in [-0.1, -0.05) is 42.5 Å². The van der Waals surface area contributed by atoms with Crippen LogP contribution in [0.15, 0.2) is 67.0 Å². The number of benzene rings is 2. The van der Waals surface area contributed by atoms with Crippen LogP contribution in [0, 0.1) is 0 Å². The molecule has 1 aromatic heterocycles. The Morgan fingerprint density at radius 2 is 1.85 bits per heavy atom. The molecule has 1 unspecified atom stereocenters. The Kier molecular flexibility index (Phi) is 5.03. The number of nitrogens with one attached hydrogen (secondary N) is 1. The molecule has 0 saturated heterocycles. The largest absolute Gasteiger partial charge is 0.350 e. The van der Waals surface area contributed by atoms with Crippen LogP contribution in [0.1, 0.15) is 28.4 Å². The van der Waals surface area contributed by atoms with E-state index in [0.717, 1.165) is 25.2 Å². The summed E-state index contributed by atoms with van der Waals surface area (Å²) in [4.78, 5) is 14.9. The normalized spacial score (nSPS) is 15.1. The van der Waals surface area contributed by atoms with Crippen molar-refractivity contribution >= 4 is 5.91 Å². The molecule has 0 spiro atoms. The van der Waals surface area contributed by atoms with Crippen molar-refractivity contribution in [3.05, 3.63) is 83.7 Å². The number of hydrogen-bond donors (Lipinski definition) is 1. The Labute approximate surface area is 159 Å². The van der Waals surface area contributed by atoms with Crippen molar-refractivity contribution in [3.63, 3.8) is 0 Å². The first-order chi connectivity index (χ1) is 13.2. The molecular weight excluding hydrogens is 336 g/mol. The molecule has 1 aliphatic heterocycles. The van der Waals surface area contributed by atoms with E-state index in [9.17, 15) is 4.79 Å². The highest BCUT2D eigenvalue weighted by Crippen LogP contribution is 2.20. The Morgan fingerprint density at radius 3 is 2.67 bits per heavy atom. The molecule has 138 valence electrons. The number of carbonyl (C=O) groups excluding carboxylic acids is 1. The third-order valence-electron chi connectivity index (χ3n) is 5.21. The molecule has 0 fully saturated rings. The number of nitrogens with zero attached hydrogens (tertiary/aromatic N) is 3. The maximum absolute atomic E-state index is 12.5. The fraction of sp³-hybridized carbons (Fsp3) is 0.273. The average molecular weight is 360 g/mol. The molecular formula is C22H24N4O. The summed E-state index contributed by atoms with van der Waals surface area (Å²) in [7, 11) is 0. The zero-order chi connectivity index (χ0) is 18.6. The molecule has 1 aliphatic rings. The van der Waals surface area contributed by atoms with Crippen molar-refractivity contribution in [2.45, 2.75) is 25.9 Å². The Bertz CT molecular complexity index is 919. The molecule has 27 heavy (non-hydrogen) atoms. The summed E-state index contributed by atoms with van der Waals surface area (Å²) in [5, 5.41) is 7.35. The highest BCUT2D eigenvalue weighted by atomic mass is 16.1. The maximum Gasteiger partial charge on any atom is 0.254 e. The van der Waals surface area contributed by atoms with Crippen LogP contribution in [0.4, 0.5) is 0 Å². The van der Waals surface area contributed by atoms with Crippen LogP contribution in [0.5, 0.6) is 0 Å². The monoisotopic (exact) mass is 360 g/mol. The third-order valence-corrected chi connectivity index (χ3v) is 5.21. The van der Waals surface area contributed by atoms with Crippen molar-refractivity contribution in [3.8, 4) is 5.69 Å². The zero-order valence-corrected chi connectivity index (χ0v) is 15.5. The van der Waals surface area contributed by atoms with Crippen molar-refractivity contribution < 1.29 is 4.79 Å². The first-order valence-electron chi connectivity index (χ1n) is 9.40. The molecule has 0 saturated carbocycles. The molecule has 2 heterocycles. The fourth-order valence-corrected chi connectivity index (χ4v) is 3.53. The number of fused-ring (bicyclic) bond motifs is 1. The van der Waals surface area contributed by atoms with Gasteiger partial charge in [0.2, 0.25) is 0 Å². The lowest BCUT2D eigenvalue weighted by atomic mass is 9.99. The summed E-state index contributed by atoms with van der Waals surface area (Å²) < 4.78 is 1.72. The van der Waals surface area contributed by atoms with Gasteiger partial charge in [-0.2, -0.15) is 5.10 Å². The molecule has 1 amide bonds. The van der Waals surface area contributed by atoms with Gasteiger partial charge in [0.15, 0.2) is 0 Å². The van der Waals surface area contributed by atoms with Crippen LogP contribution in [0.3, 0.4) is 0 Å². The number of para-hydroxylation sites is 1. The average Bonchev–Trinajstić information content (AvgIpc) is 3.22. The van der Waals surface area contributed by atoms with Gasteiger partial charge < -0.3 is 5.32 Å². The van der Waals surface area contributed by atoms with E-state index >= 15 is 0 Å². The Balaban J connectivity index is 1.34. The standard InChI is InChI=1S/C22H24N4O/c1-17(25-12-11-18-7-5-6-8-19(18)15-25)13-23-22(27)20-14-24-26(16-20)21-9-3-2-4-10-21/h2-10,14,16-17H,11-13,15H2,1H3,(H,23,27). The van der Waals surface area contributed by atoms with Gasteiger partial charge in [0, 0.05) is 31.9 Å². The van der Waals surface area contributed by atoms with E-state index in [1.165, 1.54) is 11.1 Å². The number of rotatable bonds is 5. The lowest BCUT2D eigenvalue weighted by Crippen LogP contribution is -2.44. The highest BCUT2D eigenvalue weighted by molar-refractivity contribution is 5.93. The second-order valence-electron chi connectivity index (χ2n) is 7.06. The van der Waals surface area contributed by atoms with Crippen LogP contribution in [-0.2, 0) is 13.0 Å². The molecule has 5 heteroatoms. The molecule has 2 aromatic carbocycles. The van der Waals surface area contributed by atoms with E-state index in [0.29, 0.717) is 12.1 Å². The Hall–Kier alpha value is -2.92. The number of aromatic nitrogens is 2. The first-order valence-corrected chi connectivity index (χ1v) is 9.40. The van der Waals surface area contributed by atoms with Gasteiger partial charge in [-0.05, 0) is 36.6 Å². The summed E-state index contributed by atoms with van der Waals surface area (Å²) in [6, 6.07) is 18.7. The lowest BCUT2D eigenvalue weighted by molar-refractivity contribution is 0.0932. The van der Waals surface area contributed by atoms with Gasteiger partial charge in [-0.25, -0.2) is 4.68 Å². The minimum absolute atomic E-state index is 0.0820. The van der Waals surface area contributed by atoms with E-state index in [4.69, 9.17) is 0 Å². The van der Waals surface area contributed by atoms with Crippen LogP contribution in [-0.4, -0.2) is 39.7 Å². The molecule has 3 aromatic rings. The van der Waals surface area contributed by atoms with Crippen LogP contribution in [0.25, 0.3) is 5.69 Å². The van der Waals surface area contributed by atoms with E-state index in [1.807, 2.05) is 30.3 Å². The van der Waals surface area contributed by atoms with E-state index in [-0.39, 0.29) is 11.9 Å². The summed E-state index contributed by atoms with van der Waals surface area (Å²) in [6.45, 7) is 4.76. The first kappa shape index (κ1) is 17.5. The zero-order valence-electron chi connectivity index (χ0n) is 15.5. The summed E-state index contributed by atoms with van der Waals surface area (Å²) in [5.41, 5.74) is 4.36. The Morgan fingerprint density at radius 1 is 1.11 bits per heavy atom. The molecule has 0 aliphatic carbocycles. The number of amides is 1. The maximum atomic E-state index is 12.5. The second kappa shape index (κ2) is 7.76. The quantitative estimate of drug-likeness (QED) is 0.761. The summed E-state index contributed by atoms with van der Waals surface area (Å²) in [5.74, 6) is -0.0820. The van der Waals surface area contributed by atoms with Gasteiger partial charge in [0.25, 0.3) is 5.91 Å². The van der Waals surface area contributed by atoms with Gasteiger partial charge in [0.05, 0.1) is 17.4 Å². The van der Waals surface area contributed by atoms with Gasteiger partial charge >= 0.3 is 0 Å². The van der Waals surface area contributed by atoms with Gasteiger partial charge in [-0.3, -0.25) is 9.69 Å². The fourth-order valence-electron chi connectivity index (χ4n) is 3.53. The summed E-state index contributed by atoms with van der Waals surface area (Å²) in [6.07, 6.45) is 4.45. The van der Waals surface area contributed by atoms with E-state index in [2.05, 4.69) is 46.5 Å². The van der Waals surface area contributed by atoms with E-state index in [1.54, 1.807) is 17.1 Å². The molecule has 4 rings (SSSR count). The van der Waals surface area contributed by atoms with Crippen molar-refractivity contribution in [2.24, 2.45) is 0 Å². The predicted molar refractivity (Wildman–Crippen MR) is 106 cm³/mol. The smallest absolute Gasteiger partial charge is 0.254 e.